The maximum Gasteiger partial charge on any atom is 0.166 e. The van der Waals surface area contributed by atoms with Crippen LogP contribution in [0.4, 0.5) is 0 Å². The molecule has 0 aromatic heterocycles. The zero-order valence-corrected chi connectivity index (χ0v) is 9.25. The van der Waals surface area contributed by atoms with Gasteiger partial charge < -0.3 is 14.8 Å². The van der Waals surface area contributed by atoms with Crippen molar-refractivity contribution in [3.63, 3.8) is 0 Å². The standard InChI is InChI=1S/C12H17NO2/c1-3-7-13-10-8-15-12-9(10)5-4-6-11(12)14-2/h4-6,10,13H,3,7-8H2,1-2H3. The lowest BCUT2D eigenvalue weighted by atomic mass is 10.1. The van der Waals surface area contributed by atoms with E-state index in [0.717, 1.165) is 24.5 Å². The third-order valence-electron chi connectivity index (χ3n) is 2.64. The van der Waals surface area contributed by atoms with Crippen molar-refractivity contribution < 1.29 is 9.47 Å². The van der Waals surface area contributed by atoms with Gasteiger partial charge in [-0.1, -0.05) is 19.1 Å². The van der Waals surface area contributed by atoms with Crippen molar-refractivity contribution in [2.75, 3.05) is 20.3 Å². The third-order valence-corrected chi connectivity index (χ3v) is 2.64. The predicted molar refractivity (Wildman–Crippen MR) is 59.5 cm³/mol. The highest BCUT2D eigenvalue weighted by Gasteiger charge is 2.25. The maximum atomic E-state index is 5.64. The molecule has 1 aromatic carbocycles. The van der Waals surface area contributed by atoms with E-state index in [1.807, 2.05) is 12.1 Å². The van der Waals surface area contributed by atoms with E-state index < -0.39 is 0 Å². The Labute approximate surface area is 90.4 Å². The van der Waals surface area contributed by atoms with Gasteiger partial charge in [0.25, 0.3) is 0 Å². The largest absolute Gasteiger partial charge is 0.493 e. The van der Waals surface area contributed by atoms with E-state index in [1.54, 1.807) is 7.11 Å². The molecule has 3 heteroatoms. The second-order valence-electron chi connectivity index (χ2n) is 3.70. The van der Waals surface area contributed by atoms with Gasteiger partial charge in [-0.05, 0) is 19.0 Å². The molecule has 15 heavy (non-hydrogen) atoms. The molecule has 0 bridgehead atoms. The Bertz CT molecular complexity index is 338. The number of rotatable bonds is 4. The summed E-state index contributed by atoms with van der Waals surface area (Å²) in [6.07, 6.45) is 1.13. The number of hydrogen-bond donors (Lipinski definition) is 1. The molecule has 0 aliphatic carbocycles. The molecule has 0 radical (unpaired) electrons. The lowest BCUT2D eigenvalue weighted by Crippen LogP contribution is -2.22. The van der Waals surface area contributed by atoms with Crippen molar-refractivity contribution in [1.82, 2.24) is 5.32 Å². The van der Waals surface area contributed by atoms with Gasteiger partial charge in [-0.3, -0.25) is 0 Å². The summed E-state index contributed by atoms with van der Waals surface area (Å²) in [5.74, 6) is 1.72. The molecular weight excluding hydrogens is 190 g/mol. The minimum Gasteiger partial charge on any atom is -0.493 e. The van der Waals surface area contributed by atoms with Crippen LogP contribution in [0, 0.1) is 0 Å². The minimum absolute atomic E-state index is 0.315. The van der Waals surface area contributed by atoms with Gasteiger partial charge in [-0.2, -0.15) is 0 Å². The van der Waals surface area contributed by atoms with Crippen LogP contribution in [0.3, 0.4) is 0 Å². The molecule has 1 N–H and O–H groups in total. The second kappa shape index (κ2) is 4.53. The zero-order valence-electron chi connectivity index (χ0n) is 9.25. The van der Waals surface area contributed by atoms with E-state index >= 15 is 0 Å². The first-order chi connectivity index (χ1) is 7.36. The third kappa shape index (κ3) is 1.92. The first-order valence-electron chi connectivity index (χ1n) is 5.40. The highest BCUT2D eigenvalue weighted by Crippen LogP contribution is 2.39. The predicted octanol–water partition coefficient (Wildman–Crippen LogP) is 2.13. The van der Waals surface area contributed by atoms with Crippen LogP contribution in [-0.2, 0) is 0 Å². The molecule has 3 nitrogen and oxygen atoms in total. The molecule has 0 saturated heterocycles. The summed E-state index contributed by atoms with van der Waals surface area (Å²) < 4.78 is 10.9. The molecule has 1 aliphatic heterocycles. The molecule has 1 unspecified atom stereocenters. The maximum absolute atomic E-state index is 5.64. The minimum atomic E-state index is 0.315. The Morgan fingerprint density at radius 1 is 1.53 bits per heavy atom. The molecule has 1 aliphatic rings. The van der Waals surface area contributed by atoms with Crippen molar-refractivity contribution in [2.45, 2.75) is 19.4 Å². The van der Waals surface area contributed by atoms with E-state index in [1.165, 1.54) is 5.56 Å². The molecule has 0 spiro atoms. The van der Waals surface area contributed by atoms with Gasteiger partial charge in [0, 0.05) is 5.56 Å². The van der Waals surface area contributed by atoms with Crippen LogP contribution in [0.1, 0.15) is 24.9 Å². The van der Waals surface area contributed by atoms with Crippen molar-refractivity contribution >= 4 is 0 Å². The van der Waals surface area contributed by atoms with E-state index in [-0.39, 0.29) is 0 Å². The summed E-state index contributed by atoms with van der Waals surface area (Å²) in [6.45, 7) is 3.88. The van der Waals surface area contributed by atoms with Gasteiger partial charge in [0.1, 0.15) is 6.61 Å². The van der Waals surface area contributed by atoms with Crippen LogP contribution >= 0.6 is 0 Å². The number of nitrogens with one attached hydrogen (secondary N) is 1. The summed E-state index contributed by atoms with van der Waals surface area (Å²) in [4.78, 5) is 0. The normalized spacial score (nSPS) is 18.4. The highest BCUT2D eigenvalue weighted by atomic mass is 16.5. The number of methoxy groups -OCH3 is 1. The molecule has 1 heterocycles. The van der Waals surface area contributed by atoms with Gasteiger partial charge in [-0.15, -0.1) is 0 Å². The smallest absolute Gasteiger partial charge is 0.166 e. The van der Waals surface area contributed by atoms with Crippen LogP contribution in [0.15, 0.2) is 18.2 Å². The van der Waals surface area contributed by atoms with Gasteiger partial charge >= 0.3 is 0 Å². The van der Waals surface area contributed by atoms with Crippen LogP contribution in [0.25, 0.3) is 0 Å². The molecule has 2 rings (SSSR count). The molecule has 0 amide bonds. The van der Waals surface area contributed by atoms with Crippen molar-refractivity contribution in [2.24, 2.45) is 0 Å². The monoisotopic (exact) mass is 207 g/mol. The van der Waals surface area contributed by atoms with Gasteiger partial charge in [0.05, 0.1) is 13.2 Å². The topological polar surface area (TPSA) is 30.5 Å². The summed E-state index contributed by atoms with van der Waals surface area (Å²) in [7, 11) is 1.67. The Hall–Kier alpha value is -1.22. The number of ether oxygens (including phenoxy) is 2. The molecule has 0 fully saturated rings. The summed E-state index contributed by atoms with van der Waals surface area (Å²) in [5.41, 5.74) is 1.21. The zero-order chi connectivity index (χ0) is 10.7. The fourth-order valence-corrected chi connectivity index (χ4v) is 1.87. The van der Waals surface area contributed by atoms with Crippen LogP contribution in [-0.4, -0.2) is 20.3 Å². The lowest BCUT2D eigenvalue weighted by Gasteiger charge is -2.10. The number of benzene rings is 1. The van der Waals surface area contributed by atoms with E-state index in [0.29, 0.717) is 12.6 Å². The SMILES string of the molecule is CCCNC1COc2c(OC)cccc21. The van der Waals surface area contributed by atoms with Crippen molar-refractivity contribution in [1.29, 1.82) is 0 Å². The van der Waals surface area contributed by atoms with E-state index in [9.17, 15) is 0 Å². The molecule has 1 atom stereocenters. The fourth-order valence-electron chi connectivity index (χ4n) is 1.87. The van der Waals surface area contributed by atoms with Gasteiger partial charge in [0.2, 0.25) is 0 Å². The highest BCUT2D eigenvalue weighted by molar-refractivity contribution is 5.50. The van der Waals surface area contributed by atoms with E-state index in [2.05, 4.69) is 18.3 Å². The number of hydrogen-bond acceptors (Lipinski definition) is 3. The first kappa shape index (κ1) is 10.3. The summed E-state index contributed by atoms with van der Waals surface area (Å²) in [5, 5.41) is 3.46. The van der Waals surface area contributed by atoms with Crippen molar-refractivity contribution in [3.8, 4) is 11.5 Å². The average molecular weight is 207 g/mol. The van der Waals surface area contributed by atoms with Gasteiger partial charge in [-0.25, -0.2) is 0 Å². The lowest BCUT2D eigenvalue weighted by molar-refractivity contribution is 0.296. The fraction of sp³-hybridized carbons (Fsp3) is 0.500. The average Bonchev–Trinajstić information content (AvgIpc) is 2.69. The van der Waals surface area contributed by atoms with E-state index in [4.69, 9.17) is 9.47 Å². The first-order valence-corrected chi connectivity index (χ1v) is 5.40. The van der Waals surface area contributed by atoms with Crippen LogP contribution in [0.2, 0.25) is 0 Å². The van der Waals surface area contributed by atoms with Crippen LogP contribution < -0.4 is 14.8 Å². The summed E-state index contributed by atoms with van der Waals surface area (Å²) in [6, 6.07) is 6.35. The number of para-hydroxylation sites is 1. The number of fused-ring (bicyclic) bond motifs is 1. The summed E-state index contributed by atoms with van der Waals surface area (Å²) >= 11 is 0. The molecule has 1 aromatic rings. The Morgan fingerprint density at radius 2 is 2.40 bits per heavy atom. The molecule has 0 saturated carbocycles. The Morgan fingerprint density at radius 3 is 3.13 bits per heavy atom. The van der Waals surface area contributed by atoms with Gasteiger partial charge in [0.15, 0.2) is 11.5 Å². The van der Waals surface area contributed by atoms with Crippen molar-refractivity contribution in [3.05, 3.63) is 23.8 Å². The molecular formula is C12H17NO2. The Balaban J connectivity index is 2.19. The second-order valence-corrected chi connectivity index (χ2v) is 3.70. The Kier molecular flexibility index (Phi) is 3.11. The quantitative estimate of drug-likeness (QED) is 0.820. The molecule has 82 valence electrons. The van der Waals surface area contributed by atoms with Crippen LogP contribution in [0.5, 0.6) is 11.5 Å².